The highest BCUT2D eigenvalue weighted by molar-refractivity contribution is 7.89. The number of hydrogen-bond donors (Lipinski definition) is 1. The van der Waals surface area contributed by atoms with Crippen molar-refractivity contribution in [1.82, 2.24) is 4.31 Å². The predicted octanol–water partition coefficient (Wildman–Crippen LogP) is 3.74. The monoisotopic (exact) mass is 458 g/mol. The van der Waals surface area contributed by atoms with Gasteiger partial charge >= 0.3 is 5.97 Å². The number of nitrogens with zero attached hydrogens (tertiary/aromatic N) is 1. The van der Waals surface area contributed by atoms with Gasteiger partial charge in [-0.2, -0.15) is 0 Å². The third-order valence-electron chi connectivity index (χ3n) is 4.07. The zero-order valence-corrected chi connectivity index (χ0v) is 18.5. The second-order valence-electron chi connectivity index (χ2n) is 6.40. The molecule has 156 valence electrons. The van der Waals surface area contributed by atoms with Gasteiger partial charge in [0.1, 0.15) is 0 Å². The number of amides is 1. The molecule has 0 saturated heterocycles. The van der Waals surface area contributed by atoms with Crippen LogP contribution in [0.15, 0.2) is 41.3 Å². The summed E-state index contributed by atoms with van der Waals surface area (Å²) in [5.41, 5.74) is 0.975. The van der Waals surface area contributed by atoms with Crippen LogP contribution in [0.25, 0.3) is 0 Å². The van der Waals surface area contributed by atoms with Crippen LogP contribution in [-0.4, -0.2) is 44.8 Å². The van der Waals surface area contributed by atoms with E-state index < -0.39 is 28.0 Å². The fraction of sp³-hybridized carbons (Fsp3) is 0.263. The van der Waals surface area contributed by atoms with Gasteiger partial charge in [0.15, 0.2) is 6.10 Å². The molecule has 1 amide bonds. The maximum atomic E-state index is 12.5. The molecule has 0 aliphatic heterocycles. The number of carbonyl (C=O) groups excluding carboxylic acids is 2. The summed E-state index contributed by atoms with van der Waals surface area (Å²) in [6.07, 6.45) is -1.16. The maximum absolute atomic E-state index is 12.5. The zero-order valence-electron chi connectivity index (χ0n) is 16.2. The molecule has 10 heteroatoms. The lowest BCUT2D eigenvalue weighted by Crippen LogP contribution is -2.30. The van der Waals surface area contributed by atoms with Gasteiger partial charge in [-0.25, -0.2) is 17.5 Å². The Morgan fingerprint density at radius 1 is 1.14 bits per heavy atom. The first-order valence-electron chi connectivity index (χ1n) is 8.44. The van der Waals surface area contributed by atoms with Crippen LogP contribution < -0.4 is 5.32 Å². The maximum Gasteiger partial charge on any atom is 0.340 e. The number of esters is 1. The molecule has 0 bridgehead atoms. The largest absolute Gasteiger partial charge is 0.449 e. The smallest absolute Gasteiger partial charge is 0.340 e. The summed E-state index contributed by atoms with van der Waals surface area (Å²) in [5, 5.41) is 2.81. The molecule has 0 aromatic heterocycles. The highest BCUT2D eigenvalue weighted by Gasteiger charge is 2.23. The minimum Gasteiger partial charge on any atom is -0.449 e. The van der Waals surface area contributed by atoms with Crippen LogP contribution in [0.1, 0.15) is 22.8 Å². The molecule has 0 fully saturated rings. The Morgan fingerprint density at radius 2 is 1.79 bits per heavy atom. The van der Waals surface area contributed by atoms with Crippen LogP contribution in [-0.2, 0) is 19.6 Å². The summed E-state index contributed by atoms with van der Waals surface area (Å²) in [4.78, 5) is 24.8. The summed E-state index contributed by atoms with van der Waals surface area (Å²) in [6.45, 7) is 3.10. The predicted molar refractivity (Wildman–Crippen MR) is 112 cm³/mol. The molecule has 2 aromatic rings. The van der Waals surface area contributed by atoms with Gasteiger partial charge in [0.2, 0.25) is 10.0 Å². The quantitative estimate of drug-likeness (QED) is 0.665. The summed E-state index contributed by atoms with van der Waals surface area (Å²) < 4.78 is 30.8. The molecule has 0 aliphatic rings. The number of anilines is 1. The van der Waals surface area contributed by atoms with E-state index in [1.807, 2.05) is 0 Å². The molecule has 2 rings (SSSR count). The van der Waals surface area contributed by atoms with Gasteiger partial charge in [-0.1, -0.05) is 35.3 Å². The number of carbonyl (C=O) groups is 2. The second-order valence-corrected chi connectivity index (χ2v) is 9.34. The van der Waals surface area contributed by atoms with Gasteiger partial charge in [-0.05, 0) is 43.7 Å². The van der Waals surface area contributed by atoms with Crippen LogP contribution in [0.2, 0.25) is 10.0 Å². The summed E-state index contributed by atoms with van der Waals surface area (Å²) >= 11 is 11.9. The van der Waals surface area contributed by atoms with E-state index in [-0.39, 0.29) is 20.5 Å². The standard InChI is InChI=1S/C19H20Cl2N2O5S/c1-11-8-9-13(29(26,27)23(3)4)10-16(11)22-18(24)12(2)28-19(25)14-6-5-7-15(20)17(14)21/h5-10,12H,1-4H3,(H,22,24). The lowest BCUT2D eigenvalue weighted by molar-refractivity contribution is -0.123. The number of benzene rings is 2. The van der Waals surface area contributed by atoms with Gasteiger partial charge in [0.05, 0.1) is 20.5 Å². The van der Waals surface area contributed by atoms with Crippen molar-refractivity contribution in [2.24, 2.45) is 0 Å². The van der Waals surface area contributed by atoms with Crippen molar-refractivity contribution in [3.05, 3.63) is 57.6 Å². The number of hydrogen-bond acceptors (Lipinski definition) is 5. The van der Waals surface area contributed by atoms with Gasteiger partial charge in [0.25, 0.3) is 5.91 Å². The minimum atomic E-state index is -3.67. The molecule has 1 unspecified atom stereocenters. The Morgan fingerprint density at radius 3 is 2.41 bits per heavy atom. The van der Waals surface area contributed by atoms with Crippen LogP contribution >= 0.6 is 23.2 Å². The normalized spacial score (nSPS) is 12.5. The summed E-state index contributed by atoms with van der Waals surface area (Å²) in [5.74, 6) is -1.43. The van der Waals surface area contributed by atoms with Crippen LogP contribution in [0.5, 0.6) is 0 Å². The Kier molecular flexibility index (Phi) is 7.29. The lowest BCUT2D eigenvalue weighted by atomic mass is 10.2. The van der Waals surface area contributed by atoms with Crippen molar-refractivity contribution in [2.75, 3.05) is 19.4 Å². The van der Waals surface area contributed by atoms with Crippen LogP contribution in [0, 0.1) is 6.92 Å². The molecule has 1 atom stereocenters. The van der Waals surface area contributed by atoms with E-state index in [1.165, 1.54) is 51.4 Å². The first-order valence-corrected chi connectivity index (χ1v) is 10.6. The molecule has 7 nitrogen and oxygen atoms in total. The van der Waals surface area contributed by atoms with E-state index in [4.69, 9.17) is 27.9 Å². The van der Waals surface area contributed by atoms with Gasteiger partial charge in [-0.15, -0.1) is 0 Å². The molecule has 0 spiro atoms. The molecule has 0 radical (unpaired) electrons. The number of rotatable bonds is 6. The highest BCUT2D eigenvalue weighted by atomic mass is 35.5. The molecule has 1 N–H and O–H groups in total. The number of halogens is 2. The van der Waals surface area contributed by atoms with E-state index in [1.54, 1.807) is 13.0 Å². The van der Waals surface area contributed by atoms with Crippen molar-refractivity contribution in [3.63, 3.8) is 0 Å². The van der Waals surface area contributed by atoms with Crippen LogP contribution in [0.3, 0.4) is 0 Å². The van der Waals surface area contributed by atoms with Crippen molar-refractivity contribution >= 4 is 50.8 Å². The Hall–Kier alpha value is -2.13. The van der Waals surface area contributed by atoms with E-state index in [0.29, 0.717) is 11.3 Å². The molecule has 0 aliphatic carbocycles. The molecule has 0 saturated carbocycles. The number of ether oxygens (including phenoxy) is 1. The SMILES string of the molecule is Cc1ccc(S(=O)(=O)N(C)C)cc1NC(=O)C(C)OC(=O)c1cccc(Cl)c1Cl. The zero-order chi connectivity index (χ0) is 21.9. The number of nitrogens with one attached hydrogen (secondary N) is 1. The third kappa shape index (κ3) is 5.27. The Bertz CT molecular complexity index is 1050. The Labute approximate surface area is 179 Å². The number of aryl methyl sites for hydroxylation is 1. The lowest BCUT2D eigenvalue weighted by Gasteiger charge is -2.17. The minimum absolute atomic E-state index is 0.0266. The van der Waals surface area contributed by atoms with Crippen molar-refractivity contribution in [2.45, 2.75) is 24.8 Å². The van der Waals surface area contributed by atoms with Crippen molar-refractivity contribution < 1.29 is 22.7 Å². The summed E-state index contributed by atoms with van der Waals surface area (Å²) in [6, 6.07) is 8.87. The first-order chi connectivity index (χ1) is 13.4. The molecular formula is C19H20Cl2N2O5S. The molecular weight excluding hydrogens is 439 g/mol. The van der Waals surface area contributed by atoms with E-state index in [9.17, 15) is 18.0 Å². The Balaban J connectivity index is 2.17. The van der Waals surface area contributed by atoms with E-state index in [0.717, 1.165) is 4.31 Å². The fourth-order valence-electron chi connectivity index (χ4n) is 2.28. The highest BCUT2D eigenvalue weighted by Crippen LogP contribution is 2.26. The molecule has 0 heterocycles. The second kappa shape index (κ2) is 9.13. The van der Waals surface area contributed by atoms with Crippen molar-refractivity contribution in [3.8, 4) is 0 Å². The van der Waals surface area contributed by atoms with Gasteiger partial charge in [-0.3, -0.25) is 4.79 Å². The first kappa shape index (κ1) is 23.2. The van der Waals surface area contributed by atoms with Crippen LogP contribution in [0.4, 0.5) is 5.69 Å². The molecule has 29 heavy (non-hydrogen) atoms. The average molecular weight is 459 g/mol. The average Bonchev–Trinajstić information content (AvgIpc) is 2.65. The van der Waals surface area contributed by atoms with E-state index in [2.05, 4.69) is 5.32 Å². The van der Waals surface area contributed by atoms with Gasteiger partial charge in [0, 0.05) is 19.8 Å². The topological polar surface area (TPSA) is 92.8 Å². The van der Waals surface area contributed by atoms with Crippen molar-refractivity contribution in [1.29, 1.82) is 0 Å². The number of sulfonamides is 1. The third-order valence-corrected chi connectivity index (χ3v) is 6.70. The van der Waals surface area contributed by atoms with Gasteiger partial charge < -0.3 is 10.1 Å². The van der Waals surface area contributed by atoms with E-state index >= 15 is 0 Å². The molecule has 2 aromatic carbocycles. The fourth-order valence-corrected chi connectivity index (χ4v) is 3.59. The summed E-state index contributed by atoms with van der Waals surface area (Å²) in [7, 11) is -0.841.